The number of nitrogens with one attached hydrogen (secondary N) is 1. The van der Waals surface area contributed by atoms with Crippen LogP contribution in [0.1, 0.15) is 56.1 Å². The number of amidine groups is 1. The highest BCUT2D eigenvalue weighted by molar-refractivity contribution is 7.11. The lowest BCUT2D eigenvalue weighted by Crippen LogP contribution is -2.59. The molecule has 4 aliphatic rings. The molecule has 0 bridgehead atoms. The Balaban J connectivity index is 1.19. The SMILES string of the molecule is CCOC(=O)C1=C(CN2CCN(C(=O)N3CCC(C4(C(=O)O)CC4)CC3)[C@H](C)C2)NC(c2nccs2)=N[C@H]1c1cccc(F)c1Cl. The Hall–Kier alpha value is -3.55. The monoisotopic (exact) mass is 672 g/mol. The number of hydrogen-bond donors (Lipinski definition) is 2. The van der Waals surface area contributed by atoms with E-state index in [1.165, 1.54) is 23.5 Å². The molecule has 11 nitrogen and oxygen atoms in total. The summed E-state index contributed by atoms with van der Waals surface area (Å²) in [6.45, 7) is 6.94. The molecule has 14 heteroatoms. The highest BCUT2D eigenvalue weighted by Gasteiger charge is 2.56. The molecule has 46 heavy (non-hydrogen) atoms. The molecule has 6 rings (SSSR count). The number of urea groups is 1. The van der Waals surface area contributed by atoms with E-state index in [1.807, 2.05) is 22.1 Å². The Morgan fingerprint density at radius 1 is 1.20 bits per heavy atom. The van der Waals surface area contributed by atoms with E-state index < -0.39 is 29.2 Å². The summed E-state index contributed by atoms with van der Waals surface area (Å²) in [5.74, 6) is -1.31. The van der Waals surface area contributed by atoms with Gasteiger partial charge >= 0.3 is 18.0 Å². The predicted molar refractivity (Wildman–Crippen MR) is 171 cm³/mol. The van der Waals surface area contributed by atoms with E-state index in [2.05, 4.69) is 15.2 Å². The van der Waals surface area contributed by atoms with Gasteiger partial charge in [0.05, 0.1) is 22.6 Å². The van der Waals surface area contributed by atoms with Crippen molar-refractivity contribution in [2.75, 3.05) is 45.9 Å². The minimum Gasteiger partial charge on any atom is -0.481 e. The van der Waals surface area contributed by atoms with Crippen molar-refractivity contribution in [3.63, 3.8) is 0 Å². The molecular weight excluding hydrogens is 635 g/mol. The summed E-state index contributed by atoms with van der Waals surface area (Å²) in [6, 6.07) is 3.41. The lowest BCUT2D eigenvalue weighted by atomic mass is 9.81. The molecule has 2 amide bonds. The number of thiazole rings is 1. The van der Waals surface area contributed by atoms with Crippen LogP contribution < -0.4 is 5.32 Å². The Morgan fingerprint density at radius 2 is 1.96 bits per heavy atom. The zero-order chi connectivity index (χ0) is 32.6. The number of aliphatic imine (C=N–C) groups is 1. The van der Waals surface area contributed by atoms with Gasteiger partial charge in [0.2, 0.25) is 0 Å². The van der Waals surface area contributed by atoms with E-state index in [-0.39, 0.29) is 35.2 Å². The molecule has 4 heterocycles. The number of benzene rings is 1. The van der Waals surface area contributed by atoms with E-state index in [1.54, 1.807) is 19.2 Å². The van der Waals surface area contributed by atoms with Gasteiger partial charge in [-0.15, -0.1) is 11.3 Å². The summed E-state index contributed by atoms with van der Waals surface area (Å²) in [7, 11) is 0. The molecule has 0 radical (unpaired) electrons. The minimum atomic E-state index is -0.920. The first-order valence-electron chi connectivity index (χ1n) is 15.7. The second-order valence-electron chi connectivity index (χ2n) is 12.4. The van der Waals surface area contributed by atoms with Gasteiger partial charge in [-0.2, -0.15) is 0 Å². The summed E-state index contributed by atoms with van der Waals surface area (Å²) < 4.78 is 20.1. The van der Waals surface area contributed by atoms with Gasteiger partial charge in [0.25, 0.3) is 0 Å². The number of esters is 1. The number of likely N-dealkylation sites (tertiary alicyclic amines) is 1. The maximum atomic E-state index is 14.6. The van der Waals surface area contributed by atoms with Gasteiger partial charge in [0, 0.05) is 68.1 Å². The fourth-order valence-corrected chi connectivity index (χ4v) is 7.81. The summed E-state index contributed by atoms with van der Waals surface area (Å²) in [5.41, 5.74) is 0.576. The third-order valence-electron chi connectivity index (χ3n) is 9.63. The number of carboxylic acids is 1. The summed E-state index contributed by atoms with van der Waals surface area (Å²) in [6.07, 6.45) is 4.55. The molecule has 0 spiro atoms. The number of rotatable bonds is 8. The van der Waals surface area contributed by atoms with Crippen LogP contribution in [0.2, 0.25) is 5.02 Å². The van der Waals surface area contributed by atoms with Crippen LogP contribution in [0.5, 0.6) is 0 Å². The largest absolute Gasteiger partial charge is 0.481 e. The van der Waals surface area contributed by atoms with Crippen molar-refractivity contribution < 1.29 is 28.6 Å². The van der Waals surface area contributed by atoms with Crippen molar-refractivity contribution in [2.45, 2.75) is 51.6 Å². The van der Waals surface area contributed by atoms with Crippen molar-refractivity contribution in [1.29, 1.82) is 0 Å². The second-order valence-corrected chi connectivity index (χ2v) is 13.7. The van der Waals surface area contributed by atoms with Crippen LogP contribution in [0.15, 0.2) is 46.0 Å². The number of amides is 2. The zero-order valence-electron chi connectivity index (χ0n) is 25.9. The van der Waals surface area contributed by atoms with Gasteiger partial charge < -0.3 is 25.0 Å². The molecule has 2 N–H and O–H groups in total. The zero-order valence-corrected chi connectivity index (χ0v) is 27.4. The number of aliphatic carboxylic acids is 1. The normalized spacial score (nSPS) is 23.5. The number of piperidine rings is 1. The van der Waals surface area contributed by atoms with Gasteiger partial charge in [-0.1, -0.05) is 23.7 Å². The van der Waals surface area contributed by atoms with Crippen LogP contribution in [0.3, 0.4) is 0 Å². The smallest absolute Gasteiger partial charge is 0.338 e. The summed E-state index contributed by atoms with van der Waals surface area (Å²) in [5, 5.41) is 15.3. The minimum absolute atomic E-state index is 0.0213. The van der Waals surface area contributed by atoms with Crippen molar-refractivity contribution in [2.24, 2.45) is 16.3 Å². The molecule has 246 valence electrons. The van der Waals surface area contributed by atoms with Crippen molar-refractivity contribution in [3.05, 3.63) is 62.5 Å². The van der Waals surface area contributed by atoms with Gasteiger partial charge in [-0.3, -0.25) is 14.7 Å². The van der Waals surface area contributed by atoms with Crippen LogP contribution in [0.25, 0.3) is 0 Å². The quantitative estimate of drug-likeness (QED) is 0.391. The first-order valence-corrected chi connectivity index (χ1v) is 17.0. The first kappa shape index (κ1) is 32.4. The number of carboxylic acid groups (broad SMARTS) is 1. The first-order chi connectivity index (χ1) is 22.1. The maximum absolute atomic E-state index is 14.6. The van der Waals surface area contributed by atoms with Crippen molar-refractivity contribution in [1.82, 2.24) is 25.0 Å². The van der Waals surface area contributed by atoms with E-state index in [4.69, 9.17) is 21.3 Å². The maximum Gasteiger partial charge on any atom is 0.338 e. The van der Waals surface area contributed by atoms with Crippen LogP contribution in [-0.4, -0.2) is 101 Å². The van der Waals surface area contributed by atoms with Crippen LogP contribution in [-0.2, 0) is 14.3 Å². The standard InChI is InChI=1S/C32H38ClFN6O5S/c1-3-45-29(41)24-23(36-27(28-35-11-16-46-28)37-26(24)21-5-4-6-22(34)25(21)33)18-38-14-15-40(19(2)17-38)31(44)39-12-7-20(8-13-39)32(9-10-32)30(42)43/h4-6,11,16,19-20,26H,3,7-10,12-15,17-18H2,1-2H3,(H,36,37)(H,42,43)/t19-,26+/m1/s1. The predicted octanol–water partition coefficient (Wildman–Crippen LogP) is 4.55. The topological polar surface area (TPSA) is 128 Å². The van der Waals surface area contributed by atoms with E-state index >= 15 is 0 Å². The highest BCUT2D eigenvalue weighted by Crippen LogP contribution is 2.55. The van der Waals surface area contributed by atoms with Gasteiger partial charge in [-0.25, -0.2) is 19.0 Å². The Labute approximate surface area is 276 Å². The van der Waals surface area contributed by atoms with E-state index in [0.29, 0.717) is 74.2 Å². The lowest BCUT2D eigenvalue weighted by molar-refractivity contribution is -0.146. The van der Waals surface area contributed by atoms with E-state index in [0.717, 1.165) is 12.8 Å². The second kappa shape index (κ2) is 13.3. The molecule has 2 aromatic rings. The molecule has 3 aliphatic heterocycles. The number of aromatic nitrogens is 1. The van der Waals surface area contributed by atoms with Crippen LogP contribution in [0, 0.1) is 17.2 Å². The van der Waals surface area contributed by atoms with Gasteiger partial charge in [-0.05, 0) is 51.5 Å². The third kappa shape index (κ3) is 6.24. The number of nitrogens with zero attached hydrogens (tertiary/aromatic N) is 5. The summed E-state index contributed by atoms with van der Waals surface area (Å²) >= 11 is 7.82. The van der Waals surface area contributed by atoms with E-state index in [9.17, 15) is 23.9 Å². The number of halogens is 2. The number of ether oxygens (including phenoxy) is 1. The average Bonchev–Trinajstić information content (AvgIpc) is 3.68. The van der Waals surface area contributed by atoms with Crippen molar-refractivity contribution >= 4 is 46.7 Å². The average molecular weight is 673 g/mol. The Morgan fingerprint density at radius 3 is 2.59 bits per heavy atom. The van der Waals surface area contributed by atoms with Crippen LogP contribution in [0.4, 0.5) is 9.18 Å². The van der Waals surface area contributed by atoms with Gasteiger partial charge in [0.15, 0.2) is 10.8 Å². The molecule has 2 atom stereocenters. The molecule has 1 aliphatic carbocycles. The highest BCUT2D eigenvalue weighted by atomic mass is 35.5. The summed E-state index contributed by atoms with van der Waals surface area (Å²) in [4.78, 5) is 54.0. The number of carbonyl (C=O) groups excluding carboxylic acids is 2. The number of hydrogen-bond acceptors (Lipinski definition) is 9. The van der Waals surface area contributed by atoms with Crippen LogP contribution >= 0.6 is 22.9 Å². The number of carbonyl (C=O) groups is 3. The number of piperazine rings is 1. The van der Waals surface area contributed by atoms with Crippen molar-refractivity contribution in [3.8, 4) is 0 Å². The molecule has 1 saturated carbocycles. The fourth-order valence-electron chi connectivity index (χ4n) is 7.00. The molecule has 1 aromatic heterocycles. The molecule has 0 unspecified atom stereocenters. The Kier molecular flexibility index (Phi) is 9.36. The Bertz CT molecular complexity index is 1560. The lowest BCUT2D eigenvalue weighted by Gasteiger charge is -2.44. The van der Waals surface area contributed by atoms with Gasteiger partial charge in [0.1, 0.15) is 11.9 Å². The molecule has 1 aromatic carbocycles. The third-order valence-corrected chi connectivity index (χ3v) is 10.8. The molecule has 2 saturated heterocycles. The molecule has 3 fully saturated rings. The fraction of sp³-hybridized carbons (Fsp3) is 0.531. The molecular formula is C32H38ClFN6O5S.